The van der Waals surface area contributed by atoms with Crippen LogP contribution in [0.2, 0.25) is 0 Å². The Hall–Kier alpha value is -3.39. The molecular formula is C25H31N5O3. The predicted octanol–water partition coefficient (Wildman–Crippen LogP) is 1.96. The minimum Gasteiger partial charge on any atom is -0.351 e. The fourth-order valence-corrected chi connectivity index (χ4v) is 4.21. The Balaban J connectivity index is 1.17. The van der Waals surface area contributed by atoms with E-state index in [1.54, 1.807) is 9.80 Å². The Kier molecular flexibility index (Phi) is 7.57. The molecule has 174 valence electrons. The van der Waals surface area contributed by atoms with E-state index >= 15 is 0 Å². The maximum Gasteiger partial charge on any atom is 0.317 e. The van der Waals surface area contributed by atoms with E-state index in [1.165, 1.54) is 0 Å². The molecule has 2 heterocycles. The van der Waals surface area contributed by atoms with Crippen molar-refractivity contribution in [3.8, 4) is 0 Å². The van der Waals surface area contributed by atoms with Crippen LogP contribution in [-0.4, -0.2) is 66.9 Å². The van der Waals surface area contributed by atoms with Gasteiger partial charge in [0.2, 0.25) is 11.8 Å². The monoisotopic (exact) mass is 449 g/mol. The minimum absolute atomic E-state index is 0.00637. The number of nitrogens with one attached hydrogen (secondary N) is 2. The van der Waals surface area contributed by atoms with Crippen LogP contribution in [0.15, 0.2) is 54.6 Å². The molecule has 4 rings (SSSR count). The summed E-state index contributed by atoms with van der Waals surface area (Å²) in [5, 5.41) is 5.93. The van der Waals surface area contributed by atoms with Gasteiger partial charge in [0.25, 0.3) is 0 Å². The summed E-state index contributed by atoms with van der Waals surface area (Å²) in [5.74, 6) is 0.149. The van der Waals surface area contributed by atoms with Crippen molar-refractivity contribution in [2.75, 3.05) is 44.2 Å². The second kappa shape index (κ2) is 11.0. The molecule has 8 nitrogen and oxygen atoms in total. The van der Waals surface area contributed by atoms with Crippen molar-refractivity contribution in [2.24, 2.45) is 0 Å². The molecule has 4 amide bonds. The van der Waals surface area contributed by atoms with Crippen LogP contribution in [-0.2, 0) is 22.7 Å². The van der Waals surface area contributed by atoms with Gasteiger partial charge in [-0.05, 0) is 29.7 Å². The molecule has 2 fully saturated rings. The second-order valence-corrected chi connectivity index (χ2v) is 8.50. The molecule has 33 heavy (non-hydrogen) atoms. The second-order valence-electron chi connectivity index (χ2n) is 8.50. The van der Waals surface area contributed by atoms with Crippen LogP contribution in [0.1, 0.15) is 24.0 Å². The van der Waals surface area contributed by atoms with Crippen LogP contribution in [0.25, 0.3) is 0 Å². The van der Waals surface area contributed by atoms with Gasteiger partial charge in [-0.1, -0.05) is 42.5 Å². The SMILES string of the molecule is O=C(CN1CCN(C(=O)NCc2cccc(N3CCCC3=O)c2)CC1)NCc1ccccc1. The lowest BCUT2D eigenvalue weighted by Crippen LogP contribution is -2.53. The third-order valence-electron chi connectivity index (χ3n) is 6.10. The summed E-state index contributed by atoms with van der Waals surface area (Å²) in [6.07, 6.45) is 1.49. The van der Waals surface area contributed by atoms with E-state index in [-0.39, 0.29) is 17.8 Å². The number of hydrogen-bond acceptors (Lipinski definition) is 4. The highest BCUT2D eigenvalue weighted by Crippen LogP contribution is 2.22. The van der Waals surface area contributed by atoms with Crippen LogP contribution in [0, 0.1) is 0 Å². The van der Waals surface area contributed by atoms with Crippen molar-refractivity contribution in [2.45, 2.75) is 25.9 Å². The van der Waals surface area contributed by atoms with E-state index in [0.717, 1.165) is 29.8 Å². The maximum absolute atomic E-state index is 12.6. The summed E-state index contributed by atoms with van der Waals surface area (Å²) >= 11 is 0. The molecule has 8 heteroatoms. The summed E-state index contributed by atoms with van der Waals surface area (Å²) in [6.45, 7) is 4.52. The predicted molar refractivity (Wildman–Crippen MR) is 127 cm³/mol. The Morgan fingerprint density at radius 2 is 1.55 bits per heavy atom. The summed E-state index contributed by atoms with van der Waals surface area (Å²) in [7, 11) is 0. The smallest absolute Gasteiger partial charge is 0.317 e. The molecule has 2 aromatic rings. The van der Waals surface area contributed by atoms with Crippen LogP contribution in [0.5, 0.6) is 0 Å². The quantitative estimate of drug-likeness (QED) is 0.677. The molecule has 0 saturated carbocycles. The molecule has 0 bridgehead atoms. The standard InChI is InChI=1S/C25H31N5O3/c31-23(26-17-20-6-2-1-3-7-20)19-28-12-14-29(15-13-28)25(33)27-18-21-8-4-9-22(16-21)30-11-5-10-24(30)32/h1-4,6-9,16H,5,10-15,17-19H2,(H,26,31)(H,27,33). The number of carbonyl (C=O) groups excluding carboxylic acids is 3. The minimum atomic E-state index is -0.106. The van der Waals surface area contributed by atoms with Gasteiger partial charge in [0, 0.05) is 57.9 Å². The highest BCUT2D eigenvalue weighted by Gasteiger charge is 2.23. The number of hydrogen-bond donors (Lipinski definition) is 2. The molecule has 0 aliphatic carbocycles. The van der Waals surface area contributed by atoms with Crippen LogP contribution in [0.3, 0.4) is 0 Å². The van der Waals surface area contributed by atoms with E-state index in [1.807, 2.05) is 54.6 Å². The first-order chi connectivity index (χ1) is 16.1. The van der Waals surface area contributed by atoms with Gasteiger partial charge in [-0.25, -0.2) is 4.79 Å². The Labute approximate surface area is 194 Å². The van der Waals surface area contributed by atoms with Gasteiger partial charge in [0.15, 0.2) is 0 Å². The van der Waals surface area contributed by atoms with Crippen molar-refractivity contribution in [1.29, 1.82) is 0 Å². The molecule has 2 aromatic carbocycles. The topological polar surface area (TPSA) is 85.0 Å². The lowest BCUT2D eigenvalue weighted by Gasteiger charge is -2.34. The van der Waals surface area contributed by atoms with Crippen LogP contribution in [0.4, 0.5) is 10.5 Å². The fourth-order valence-electron chi connectivity index (χ4n) is 4.21. The molecule has 2 aliphatic heterocycles. The van der Waals surface area contributed by atoms with Gasteiger partial charge in [-0.3, -0.25) is 14.5 Å². The molecule has 0 spiro atoms. The highest BCUT2D eigenvalue weighted by atomic mass is 16.2. The first kappa shape index (κ1) is 22.8. The molecular weight excluding hydrogens is 418 g/mol. The molecule has 2 saturated heterocycles. The largest absolute Gasteiger partial charge is 0.351 e. The maximum atomic E-state index is 12.6. The summed E-state index contributed by atoms with van der Waals surface area (Å²) in [6, 6.07) is 17.5. The molecule has 2 aliphatic rings. The van der Waals surface area contributed by atoms with Gasteiger partial charge in [-0.15, -0.1) is 0 Å². The van der Waals surface area contributed by atoms with Gasteiger partial charge < -0.3 is 20.4 Å². The van der Waals surface area contributed by atoms with Crippen LogP contribution < -0.4 is 15.5 Å². The van der Waals surface area contributed by atoms with Gasteiger partial charge in [0.1, 0.15) is 0 Å². The lowest BCUT2D eigenvalue weighted by molar-refractivity contribution is -0.122. The molecule has 0 unspecified atom stereocenters. The third-order valence-corrected chi connectivity index (χ3v) is 6.10. The third kappa shape index (κ3) is 6.32. The number of nitrogens with zero attached hydrogens (tertiary/aromatic N) is 3. The zero-order valence-electron chi connectivity index (χ0n) is 18.8. The number of benzene rings is 2. The van der Waals surface area contributed by atoms with Crippen molar-refractivity contribution < 1.29 is 14.4 Å². The Bertz CT molecular complexity index is 973. The number of piperazine rings is 1. The van der Waals surface area contributed by atoms with E-state index in [0.29, 0.717) is 52.2 Å². The van der Waals surface area contributed by atoms with Crippen molar-refractivity contribution >= 4 is 23.5 Å². The summed E-state index contributed by atoms with van der Waals surface area (Å²) in [5.41, 5.74) is 2.93. The average Bonchev–Trinajstić information content (AvgIpc) is 3.28. The van der Waals surface area contributed by atoms with E-state index < -0.39 is 0 Å². The molecule has 0 atom stereocenters. The Morgan fingerprint density at radius 1 is 0.818 bits per heavy atom. The zero-order chi connectivity index (χ0) is 23.0. The lowest BCUT2D eigenvalue weighted by atomic mass is 10.2. The number of anilines is 1. The Morgan fingerprint density at radius 3 is 2.27 bits per heavy atom. The van der Waals surface area contributed by atoms with Crippen molar-refractivity contribution in [3.63, 3.8) is 0 Å². The van der Waals surface area contributed by atoms with Crippen molar-refractivity contribution in [1.82, 2.24) is 20.4 Å². The van der Waals surface area contributed by atoms with E-state index in [4.69, 9.17) is 0 Å². The highest BCUT2D eigenvalue weighted by molar-refractivity contribution is 5.95. The summed E-state index contributed by atoms with van der Waals surface area (Å²) in [4.78, 5) is 42.5. The number of urea groups is 1. The average molecular weight is 450 g/mol. The first-order valence-electron chi connectivity index (χ1n) is 11.5. The van der Waals surface area contributed by atoms with Crippen LogP contribution >= 0.6 is 0 Å². The van der Waals surface area contributed by atoms with Crippen molar-refractivity contribution in [3.05, 3.63) is 65.7 Å². The fraction of sp³-hybridized carbons (Fsp3) is 0.400. The van der Waals surface area contributed by atoms with E-state index in [9.17, 15) is 14.4 Å². The number of amides is 4. The summed E-state index contributed by atoms with van der Waals surface area (Å²) < 4.78 is 0. The number of carbonyl (C=O) groups is 3. The van der Waals surface area contributed by atoms with Gasteiger partial charge in [0.05, 0.1) is 6.54 Å². The zero-order valence-corrected chi connectivity index (χ0v) is 18.8. The normalized spacial score (nSPS) is 16.7. The number of rotatable bonds is 7. The first-order valence-corrected chi connectivity index (χ1v) is 11.5. The molecule has 2 N–H and O–H groups in total. The van der Waals surface area contributed by atoms with Gasteiger partial charge >= 0.3 is 6.03 Å². The van der Waals surface area contributed by atoms with E-state index in [2.05, 4.69) is 15.5 Å². The van der Waals surface area contributed by atoms with Gasteiger partial charge in [-0.2, -0.15) is 0 Å². The molecule has 0 aromatic heterocycles. The molecule has 0 radical (unpaired) electrons.